The van der Waals surface area contributed by atoms with Gasteiger partial charge in [-0.25, -0.2) is 13.1 Å². The van der Waals surface area contributed by atoms with Crippen molar-refractivity contribution in [1.29, 1.82) is 0 Å². The standard InChI is InChI=1S/C24H30N4O5S/c1-19-17-23(28(26-19)18-20-7-5-4-6-8-20)25-24(29)21-9-11-22(12-10-21)34(30,31)27(13-15-32-2)14-16-33-3/h4-12,17H,13-16,18H2,1-3H3,(H,25,29). The quantitative estimate of drug-likeness (QED) is 0.422. The van der Waals surface area contributed by atoms with Crippen LogP contribution in [0.4, 0.5) is 5.82 Å². The van der Waals surface area contributed by atoms with Crippen LogP contribution in [0.15, 0.2) is 65.6 Å². The highest BCUT2D eigenvalue weighted by Gasteiger charge is 2.24. The molecule has 0 fully saturated rings. The number of hydrogen-bond acceptors (Lipinski definition) is 6. The minimum absolute atomic E-state index is 0.0984. The van der Waals surface area contributed by atoms with Crippen molar-refractivity contribution in [3.63, 3.8) is 0 Å². The molecule has 0 aliphatic carbocycles. The van der Waals surface area contributed by atoms with Crippen LogP contribution in [-0.2, 0) is 26.0 Å². The number of sulfonamides is 1. The predicted octanol–water partition coefficient (Wildman–Crippen LogP) is 2.78. The summed E-state index contributed by atoms with van der Waals surface area (Å²) in [5.74, 6) is 0.210. The highest BCUT2D eigenvalue weighted by atomic mass is 32.2. The molecule has 0 aliphatic rings. The summed E-state index contributed by atoms with van der Waals surface area (Å²) in [5.41, 5.74) is 2.17. The first-order valence-electron chi connectivity index (χ1n) is 10.8. The number of methoxy groups -OCH3 is 2. The largest absolute Gasteiger partial charge is 0.383 e. The lowest BCUT2D eigenvalue weighted by molar-refractivity contribution is 0.102. The first kappa shape index (κ1) is 25.6. The third-order valence-corrected chi connectivity index (χ3v) is 7.08. The Balaban J connectivity index is 1.74. The number of benzene rings is 2. The van der Waals surface area contributed by atoms with Gasteiger partial charge in [0.1, 0.15) is 5.82 Å². The Morgan fingerprint density at radius 3 is 2.21 bits per heavy atom. The molecule has 0 radical (unpaired) electrons. The van der Waals surface area contributed by atoms with Crippen LogP contribution in [0, 0.1) is 6.92 Å². The zero-order valence-corrected chi connectivity index (χ0v) is 20.4. The molecule has 2 aromatic carbocycles. The maximum atomic E-state index is 13.0. The Bertz CT molecular complexity index is 1170. The number of ether oxygens (including phenoxy) is 2. The van der Waals surface area contributed by atoms with Gasteiger partial charge in [0.05, 0.1) is 30.3 Å². The predicted molar refractivity (Wildman–Crippen MR) is 129 cm³/mol. The van der Waals surface area contributed by atoms with Crippen molar-refractivity contribution in [3.8, 4) is 0 Å². The Hall–Kier alpha value is -3.05. The zero-order valence-electron chi connectivity index (χ0n) is 19.6. The molecule has 1 N–H and O–H groups in total. The molecule has 1 heterocycles. The number of aryl methyl sites for hydroxylation is 1. The Labute approximate surface area is 200 Å². The summed E-state index contributed by atoms with van der Waals surface area (Å²) in [7, 11) is -0.726. The molecule has 1 aromatic heterocycles. The van der Waals surface area contributed by atoms with Crippen LogP contribution >= 0.6 is 0 Å². The fraction of sp³-hybridized carbons (Fsp3) is 0.333. The molecule has 0 aliphatic heterocycles. The van der Waals surface area contributed by atoms with Gasteiger partial charge in [0.15, 0.2) is 0 Å². The lowest BCUT2D eigenvalue weighted by Gasteiger charge is -2.21. The molecule has 1 amide bonds. The highest BCUT2D eigenvalue weighted by Crippen LogP contribution is 2.18. The molecule has 0 bridgehead atoms. The Morgan fingerprint density at radius 2 is 1.62 bits per heavy atom. The molecule has 3 rings (SSSR count). The van der Waals surface area contributed by atoms with E-state index in [1.807, 2.05) is 37.3 Å². The van der Waals surface area contributed by atoms with Crippen molar-refractivity contribution in [3.05, 3.63) is 77.5 Å². The number of anilines is 1. The average Bonchev–Trinajstić information content (AvgIpc) is 3.17. The molecule has 0 unspecified atom stereocenters. The average molecular weight is 487 g/mol. The topological polar surface area (TPSA) is 103 Å². The summed E-state index contributed by atoms with van der Waals surface area (Å²) in [6, 6.07) is 17.5. The van der Waals surface area contributed by atoms with E-state index in [9.17, 15) is 13.2 Å². The van der Waals surface area contributed by atoms with Gasteiger partial charge in [0, 0.05) is 38.9 Å². The number of nitrogens with zero attached hydrogens (tertiary/aromatic N) is 3. The molecular formula is C24H30N4O5S. The van der Waals surface area contributed by atoms with Crippen molar-refractivity contribution < 1.29 is 22.7 Å². The summed E-state index contributed by atoms with van der Waals surface area (Å²) >= 11 is 0. The van der Waals surface area contributed by atoms with Crippen LogP contribution in [0.3, 0.4) is 0 Å². The van der Waals surface area contributed by atoms with E-state index in [4.69, 9.17) is 9.47 Å². The zero-order chi connectivity index (χ0) is 24.6. The van der Waals surface area contributed by atoms with E-state index in [1.54, 1.807) is 10.7 Å². The van der Waals surface area contributed by atoms with Gasteiger partial charge >= 0.3 is 0 Å². The van der Waals surface area contributed by atoms with E-state index in [0.717, 1.165) is 11.3 Å². The van der Waals surface area contributed by atoms with Gasteiger partial charge in [-0.2, -0.15) is 9.40 Å². The lowest BCUT2D eigenvalue weighted by atomic mass is 10.2. The number of nitrogens with one attached hydrogen (secondary N) is 1. The summed E-state index contributed by atoms with van der Waals surface area (Å²) < 4.78 is 39.2. The van der Waals surface area contributed by atoms with E-state index >= 15 is 0 Å². The van der Waals surface area contributed by atoms with Crippen molar-refractivity contribution in [2.45, 2.75) is 18.4 Å². The summed E-state index contributed by atoms with van der Waals surface area (Å²) in [5, 5.41) is 7.34. The minimum Gasteiger partial charge on any atom is -0.383 e. The van der Waals surface area contributed by atoms with E-state index < -0.39 is 10.0 Å². The summed E-state index contributed by atoms with van der Waals surface area (Å²) in [4.78, 5) is 13.0. The monoisotopic (exact) mass is 486 g/mol. The number of carbonyl (C=O) groups is 1. The third kappa shape index (κ3) is 6.51. The van der Waals surface area contributed by atoms with E-state index in [0.29, 0.717) is 17.9 Å². The van der Waals surface area contributed by atoms with Gasteiger partial charge < -0.3 is 14.8 Å². The summed E-state index contributed by atoms with van der Waals surface area (Å²) in [6.07, 6.45) is 0. The fourth-order valence-corrected chi connectivity index (χ4v) is 4.79. The normalized spacial score (nSPS) is 11.6. The van der Waals surface area contributed by atoms with Crippen LogP contribution in [0.2, 0.25) is 0 Å². The van der Waals surface area contributed by atoms with Crippen molar-refractivity contribution in [2.24, 2.45) is 0 Å². The van der Waals surface area contributed by atoms with Gasteiger partial charge in [0.2, 0.25) is 10.0 Å². The fourth-order valence-electron chi connectivity index (χ4n) is 3.38. The minimum atomic E-state index is -3.76. The molecule has 9 nitrogen and oxygen atoms in total. The second-order valence-corrected chi connectivity index (χ2v) is 9.62. The van der Waals surface area contributed by atoms with Crippen LogP contribution < -0.4 is 5.32 Å². The molecular weight excluding hydrogens is 456 g/mol. The van der Waals surface area contributed by atoms with E-state index in [-0.39, 0.29) is 37.1 Å². The van der Waals surface area contributed by atoms with Crippen LogP contribution in [0.1, 0.15) is 21.6 Å². The van der Waals surface area contributed by atoms with Crippen LogP contribution in [-0.4, -0.2) is 68.9 Å². The number of amides is 1. The smallest absolute Gasteiger partial charge is 0.256 e. The van der Waals surface area contributed by atoms with Gasteiger partial charge in [-0.15, -0.1) is 0 Å². The number of carbonyl (C=O) groups excluding carboxylic acids is 1. The third-order valence-electron chi connectivity index (χ3n) is 5.16. The maximum absolute atomic E-state index is 13.0. The molecule has 0 saturated carbocycles. The van der Waals surface area contributed by atoms with E-state index in [1.165, 1.54) is 42.8 Å². The van der Waals surface area contributed by atoms with Crippen molar-refractivity contribution in [2.75, 3.05) is 45.8 Å². The first-order valence-corrected chi connectivity index (χ1v) is 12.3. The van der Waals surface area contributed by atoms with Gasteiger partial charge in [-0.05, 0) is 36.8 Å². The van der Waals surface area contributed by atoms with E-state index in [2.05, 4.69) is 10.4 Å². The van der Waals surface area contributed by atoms with Crippen molar-refractivity contribution in [1.82, 2.24) is 14.1 Å². The number of aromatic nitrogens is 2. The molecule has 0 atom stereocenters. The Morgan fingerprint density at radius 1 is 1.00 bits per heavy atom. The second kappa shape index (κ2) is 11.9. The highest BCUT2D eigenvalue weighted by molar-refractivity contribution is 7.89. The second-order valence-electron chi connectivity index (χ2n) is 7.68. The molecule has 3 aromatic rings. The SMILES string of the molecule is COCCN(CCOC)S(=O)(=O)c1ccc(C(=O)Nc2cc(C)nn2Cc2ccccc2)cc1. The molecule has 0 spiro atoms. The lowest BCUT2D eigenvalue weighted by Crippen LogP contribution is -2.36. The Kier molecular flexibility index (Phi) is 8.94. The number of rotatable bonds is 12. The van der Waals surface area contributed by atoms with Gasteiger partial charge in [-0.3, -0.25) is 4.79 Å². The maximum Gasteiger partial charge on any atom is 0.256 e. The van der Waals surface area contributed by atoms with Gasteiger partial charge in [-0.1, -0.05) is 30.3 Å². The van der Waals surface area contributed by atoms with Crippen molar-refractivity contribution >= 4 is 21.7 Å². The molecule has 182 valence electrons. The van der Waals surface area contributed by atoms with Crippen LogP contribution in [0.25, 0.3) is 0 Å². The molecule has 0 saturated heterocycles. The first-order chi connectivity index (χ1) is 16.3. The number of hydrogen-bond donors (Lipinski definition) is 1. The molecule has 34 heavy (non-hydrogen) atoms. The summed E-state index contributed by atoms with van der Waals surface area (Å²) in [6.45, 7) is 3.30. The molecule has 10 heteroatoms. The van der Waals surface area contributed by atoms with Gasteiger partial charge in [0.25, 0.3) is 5.91 Å². The van der Waals surface area contributed by atoms with Crippen LogP contribution in [0.5, 0.6) is 0 Å².